The zero-order chi connectivity index (χ0) is 17.1. The van der Waals surface area contributed by atoms with Gasteiger partial charge in [0.05, 0.1) is 17.8 Å². The topological polar surface area (TPSA) is 64.7 Å². The van der Waals surface area contributed by atoms with E-state index in [2.05, 4.69) is 15.5 Å². The summed E-state index contributed by atoms with van der Waals surface area (Å²) in [7, 11) is 0. The Kier molecular flexibility index (Phi) is 4.66. The number of nitrogens with zero attached hydrogens (tertiary/aromatic N) is 4. The normalized spacial score (nSPS) is 10.8. The van der Waals surface area contributed by atoms with Crippen LogP contribution in [-0.2, 0) is 13.1 Å². The molecule has 2 heterocycles. The van der Waals surface area contributed by atoms with Gasteiger partial charge in [0, 0.05) is 30.0 Å². The zero-order valence-electron chi connectivity index (χ0n) is 13.5. The van der Waals surface area contributed by atoms with Crippen molar-refractivity contribution in [2.75, 3.05) is 5.32 Å². The number of carbonyl (C=O) groups excluding carboxylic acids is 1. The Morgan fingerprint density at radius 2 is 1.92 bits per heavy atom. The van der Waals surface area contributed by atoms with Crippen molar-refractivity contribution in [2.24, 2.45) is 0 Å². The lowest BCUT2D eigenvalue weighted by atomic mass is 10.2. The number of amides is 1. The molecular formula is C17H18ClN5O. The van der Waals surface area contributed by atoms with Crippen molar-refractivity contribution in [1.29, 1.82) is 0 Å². The highest BCUT2D eigenvalue weighted by Gasteiger charge is 2.14. The van der Waals surface area contributed by atoms with Crippen LogP contribution in [0.1, 0.15) is 28.5 Å². The molecule has 1 aromatic carbocycles. The van der Waals surface area contributed by atoms with Gasteiger partial charge < -0.3 is 5.32 Å². The Morgan fingerprint density at radius 3 is 2.58 bits per heavy atom. The van der Waals surface area contributed by atoms with E-state index < -0.39 is 0 Å². The van der Waals surface area contributed by atoms with Crippen molar-refractivity contribution in [2.45, 2.75) is 26.9 Å². The molecule has 0 aliphatic heterocycles. The molecular weight excluding hydrogens is 326 g/mol. The third kappa shape index (κ3) is 3.65. The first-order chi connectivity index (χ1) is 11.5. The summed E-state index contributed by atoms with van der Waals surface area (Å²) in [4.78, 5) is 12.3. The van der Waals surface area contributed by atoms with Gasteiger partial charge in [0.2, 0.25) is 0 Å². The first-order valence-electron chi connectivity index (χ1n) is 7.68. The average molecular weight is 344 g/mol. The monoisotopic (exact) mass is 343 g/mol. The van der Waals surface area contributed by atoms with Gasteiger partial charge in [-0.15, -0.1) is 0 Å². The van der Waals surface area contributed by atoms with E-state index in [1.54, 1.807) is 21.6 Å². The number of benzene rings is 1. The third-order valence-corrected chi connectivity index (χ3v) is 3.91. The molecule has 0 unspecified atom stereocenters. The molecule has 0 radical (unpaired) electrons. The summed E-state index contributed by atoms with van der Waals surface area (Å²) in [5.41, 5.74) is 2.35. The van der Waals surface area contributed by atoms with Gasteiger partial charge in [0.15, 0.2) is 5.82 Å². The minimum Gasteiger partial charge on any atom is -0.305 e. The number of carbonyl (C=O) groups is 1. The van der Waals surface area contributed by atoms with E-state index in [-0.39, 0.29) is 5.91 Å². The van der Waals surface area contributed by atoms with E-state index in [0.29, 0.717) is 28.6 Å². The average Bonchev–Trinajstić information content (AvgIpc) is 3.16. The van der Waals surface area contributed by atoms with Crippen LogP contribution in [0.5, 0.6) is 0 Å². The predicted octanol–water partition coefficient (Wildman–Crippen LogP) is 3.36. The van der Waals surface area contributed by atoms with Gasteiger partial charge in [-0.1, -0.05) is 23.7 Å². The van der Waals surface area contributed by atoms with E-state index in [4.69, 9.17) is 11.6 Å². The lowest BCUT2D eigenvalue weighted by molar-refractivity contribution is 0.102. The molecule has 0 saturated heterocycles. The van der Waals surface area contributed by atoms with Crippen LogP contribution in [0.25, 0.3) is 0 Å². The number of nitrogens with one attached hydrogen (secondary N) is 1. The summed E-state index contributed by atoms with van der Waals surface area (Å²) in [6.45, 7) is 5.14. The lowest BCUT2D eigenvalue weighted by Gasteiger charge is -2.03. The first kappa shape index (κ1) is 16.3. The highest BCUT2D eigenvalue weighted by atomic mass is 35.5. The highest BCUT2D eigenvalue weighted by molar-refractivity contribution is 6.30. The smallest absolute Gasteiger partial charge is 0.260 e. The molecule has 1 N–H and O–H groups in total. The van der Waals surface area contributed by atoms with Crippen LogP contribution >= 0.6 is 11.6 Å². The largest absolute Gasteiger partial charge is 0.305 e. The standard InChI is InChI=1S/C17H18ClN5O/c1-3-22-11-15(12(2)20-22)17(24)19-16-8-9-23(21-16)10-13-4-6-14(18)7-5-13/h4-9,11H,3,10H2,1-2H3,(H,19,21,24). The summed E-state index contributed by atoms with van der Waals surface area (Å²) in [6, 6.07) is 9.36. The number of aromatic nitrogens is 4. The summed E-state index contributed by atoms with van der Waals surface area (Å²) in [5, 5.41) is 12.2. The molecule has 24 heavy (non-hydrogen) atoms. The summed E-state index contributed by atoms with van der Waals surface area (Å²) < 4.78 is 3.50. The Bertz CT molecular complexity index is 850. The van der Waals surface area contributed by atoms with Gasteiger partial charge in [-0.3, -0.25) is 14.2 Å². The molecule has 3 aromatic rings. The minimum absolute atomic E-state index is 0.205. The molecule has 0 aliphatic carbocycles. The molecule has 2 aromatic heterocycles. The van der Waals surface area contributed by atoms with Crippen LogP contribution in [0.4, 0.5) is 5.82 Å². The fourth-order valence-electron chi connectivity index (χ4n) is 2.38. The number of anilines is 1. The number of hydrogen-bond donors (Lipinski definition) is 1. The SMILES string of the molecule is CCn1cc(C(=O)Nc2ccn(Cc3ccc(Cl)cc3)n2)c(C)n1. The second-order valence-electron chi connectivity index (χ2n) is 5.46. The van der Waals surface area contributed by atoms with E-state index in [1.807, 2.05) is 44.3 Å². The fourth-order valence-corrected chi connectivity index (χ4v) is 2.51. The molecule has 7 heteroatoms. The van der Waals surface area contributed by atoms with E-state index in [9.17, 15) is 4.79 Å². The zero-order valence-corrected chi connectivity index (χ0v) is 14.3. The van der Waals surface area contributed by atoms with Gasteiger partial charge >= 0.3 is 0 Å². The Labute approximate surface area is 145 Å². The minimum atomic E-state index is -0.205. The summed E-state index contributed by atoms with van der Waals surface area (Å²) >= 11 is 5.88. The fraction of sp³-hybridized carbons (Fsp3) is 0.235. The number of halogens is 1. The van der Waals surface area contributed by atoms with Gasteiger partial charge in [-0.25, -0.2) is 0 Å². The van der Waals surface area contributed by atoms with Crippen molar-refractivity contribution in [1.82, 2.24) is 19.6 Å². The van der Waals surface area contributed by atoms with Crippen LogP contribution < -0.4 is 5.32 Å². The summed E-state index contributed by atoms with van der Waals surface area (Å²) in [5.74, 6) is 0.307. The van der Waals surface area contributed by atoms with E-state index in [0.717, 1.165) is 12.1 Å². The van der Waals surface area contributed by atoms with E-state index >= 15 is 0 Å². The van der Waals surface area contributed by atoms with Crippen molar-refractivity contribution >= 4 is 23.3 Å². The van der Waals surface area contributed by atoms with Crippen LogP contribution in [0.15, 0.2) is 42.7 Å². The van der Waals surface area contributed by atoms with Crippen molar-refractivity contribution < 1.29 is 4.79 Å². The molecule has 124 valence electrons. The highest BCUT2D eigenvalue weighted by Crippen LogP contribution is 2.13. The molecule has 0 bridgehead atoms. The molecule has 1 amide bonds. The van der Waals surface area contributed by atoms with Crippen LogP contribution in [0.2, 0.25) is 5.02 Å². The van der Waals surface area contributed by atoms with Crippen molar-refractivity contribution in [3.63, 3.8) is 0 Å². The number of aryl methyl sites for hydroxylation is 2. The van der Waals surface area contributed by atoms with Crippen LogP contribution in [0, 0.1) is 6.92 Å². The van der Waals surface area contributed by atoms with Crippen LogP contribution in [-0.4, -0.2) is 25.5 Å². The Balaban J connectivity index is 1.68. The van der Waals surface area contributed by atoms with Gasteiger partial charge in [-0.05, 0) is 31.5 Å². The number of rotatable bonds is 5. The molecule has 0 spiro atoms. The third-order valence-electron chi connectivity index (χ3n) is 3.66. The maximum absolute atomic E-state index is 12.3. The molecule has 0 atom stereocenters. The van der Waals surface area contributed by atoms with Crippen LogP contribution in [0.3, 0.4) is 0 Å². The molecule has 0 aliphatic rings. The second kappa shape index (κ2) is 6.88. The molecule has 0 fully saturated rings. The quantitative estimate of drug-likeness (QED) is 0.772. The number of hydrogen-bond acceptors (Lipinski definition) is 3. The maximum atomic E-state index is 12.3. The van der Waals surface area contributed by atoms with Gasteiger partial charge in [-0.2, -0.15) is 10.2 Å². The predicted molar refractivity (Wildman–Crippen MR) is 93.4 cm³/mol. The molecule has 6 nitrogen and oxygen atoms in total. The van der Waals surface area contributed by atoms with Gasteiger partial charge in [0.1, 0.15) is 0 Å². The van der Waals surface area contributed by atoms with Gasteiger partial charge in [0.25, 0.3) is 5.91 Å². The molecule has 0 saturated carbocycles. The Hall–Kier alpha value is -2.60. The van der Waals surface area contributed by atoms with E-state index in [1.165, 1.54) is 0 Å². The maximum Gasteiger partial charge on any atom is 0.260 e. The first-order valence-corrected chi connectivity index (χ1v) is 8.06. The van der Waals surface area contributed by atoms with Crippen molar-refractivity contribution in [3.8, 4) is 0 Å². The lowest BCUT2D eigenvalue weighted by Crippen LogP contribution is -2.13. The van der Waals surface area contributed by atoms with Crippen molar-refractivity contribution in [3.05, 3.63) is 64.6 Å². The second-order valence-corrected chi connectivity index (χ2v) is 5.90. The Morgan fingerprint density at radius 1 is 1.17 bits per heavy atom. The summed E-state index contributed by atoms with van der Waals surface area (Å²) in [6.07, 6.45) is 3.57. The molecule has 3 rings (SSSR count).